The molecule has 0 spiro atoms. The van der Waals surface area contributed by atoms with E-state index in [1.807, 2.05) is 44.2 Å². The molecule has 0 bridgehead atoms. The molecule has 0 saturated carbocycles. The molecular weight excluding hydrogens is 446 g/mol. The predicted octanol–water partition coefficient (Wildman–Crippen LogP) is 4.69. The number of nitrogens with zero attached hydrogens (tertiary/aromatic N) is 1. The maximum absolute atomic E-state index is 14.0. The van der Waals surface area contributed by atoms with Gasteiger partial charge in [0.25, 0.3) is 0 Å². The lowest BCUT2D eigenvalue weighted by Gasteiger charge is -2.40. The van der Waals surface area contributed by atoms with Gasteiger partial charge in [-0.3, -0.25) is 4.79 Å². The highest BCUT2D eigenvalue weighted by Gasteiger charge is 2.43. The highest BCUT2D eigenvalue weighted by molar-refractivity contribution is 9.10. The van der Waals surface area contributed by atoms with Gasteiger partial charge in [-0.25, -0.2) is 4.98 Å². The highest BCUT2D eigenvalue weighted by Crippen LogP contribution is 2.36. The maximum atomic E-state index is 14.0. The Morgan fingerprint density at radius 1 is 1.23 bits per heavy atom. The molecule has 0 radical (unpaired) electrons. The van der Waals surface area contributed by atoms with Gasteiger partial charge in [-0.15, -0.1) is 0 Å². The molecule has 162 valence electrons. The fraction of sp³-hybridized carbons (Fsp3) is 0.478. The van der Waals surface area contributed by atoms with Crippen molar-refractivity contribution in [2.24, 2.45) is 5.92 Å². The first-order valence-electron chi connectivity index (χ1n) is 10.5. The molecule has 0 amide bonds. The summed E-state index contributed by atoms with van der Waals surface area (Å²) in [6.07, 6.45) is 3.43. The summed E-state index contributed by atoms with van der Waals surface area (Å²) in [5.74, 6) is 2.37. The van der Waals surface area contributed by atoms with Gasteiger partial charge in [0.15, 0.2) is 5.78 Å². The normalized spacial score (nSPS) is 21.1. The number of pyridine rings is 1. The van der Waals surface area contributed by atoms with E-state index in [4.69, 9.17) is 9.47 Å². The largest absolute Gasteiger partial charge is 0.493 e. The van der Waals surface area contributed by atoms with E-state index < -0.39 is 5.54 Å². The first-order valence-corrected chi connectivity index (χ1v) is 11.3. The number of Topliss-reactive ketones (excluding diaryl/α,β-unsaturated/α-hetero) is 1. The molecule has 2 atom stereocenters. The van der Waals surface area contributed by atoms with E-state index in [1.54, 1.807) is 6.20 Å². The monoisotopic (exact) mass is 475 g/mol. The molecule has 3 rings (SSSR count). The zero-order valence-electron chi connectivity index (χ0n) is 17.8. The van der Waals surface area contributed by atoms with Crippen molar-refractivity contribution in [3.8, 4) is 11.5 Å². The minimum Gasteiger partial charge on any atom is -0.493 e. The molecule has 1 fully saturated rings. The maximum Gasteiger partial charge on any atom is 0.192 e. The SMILES string of the molecule is CCOc1cccc(OCC)c1C(=O)[C@@]1(CNc2ccc(Br)cn2)CC[C@H](C)CN1. The van der Waals surface area contributed by atoms with Gasteiger partial charge >= 0.3 is 0 Å². The molecule has 2 N–H and O–H groups in total. The lowest BCUT2D eigenvalue weighted by atomic mass is 9.79. The van der Waals surface area contributed by atoms with Crippen molar-refractivity contribution in [3.05, 3.63) is 46.6 Å². The van der Waals surface area contributed by atoms with E-state index in [2.05, 4.69) is 38.5 Å². The summed E-state index contributed by atoms with van der Waals surface area (Å²) in [5, 5.41) is 6.89. The minimum absolute atomic E-state index is 0.00786. The Morgan fingerprint density at radius 3 is 2.47 bits per heavy atom. The van der Waals surface area contributed by atoms with Gasteiger partial charge in [-0.05, 0) is 79.3 Å². The van der Waals surface area contributed by atoms with E-state index in [-0.39, 0.29) is 5.78 Å². The number of ether oxygens (including phenoxy) is 2. The Kier molecular flexibility index (Phi) is 7.72. The predicted molar refractivity (Wildman–Crippen MR) is 123 cm³/mol. The fourth-order valence-electron chi connectivity index (χ4n) is 3.73. The third-order valence-electron chi connectivity index (χ3n) is 5.40. The highest BCUT2D eigenvalue weighted by atomic mass is 79.9. The Labute approximate surface area is 186 Å². The summed E-state index contributed by atoms with van der Waals surface area (Å²) in [4.78, 5) is 18.4. The molecule has 6 nitrogen and oxygen atoms in total. The summed E-state index contributed by atoms with van der Waals surface area (Å²) in [6.45, 7) is 8.20. The number of hydrogen-bond acceptors (Lipinski definition) is 6. The molecule has 0 aliphatic carbocycles. The van der Waals surface area contributed by atoms with Crippen LogP contribution in [0.15, 0.2) is 41.0 Å². The Balaban J connectivity index is 1.95. The molecule has 1 saturated heterocycles. The quantitative estimate of drug-likeness (QED) is 0.512. The van der Waals surface area contributed by atoms with Crippen molar-refractivity contribution in [2.45, 2.75) is 39.2 Å². The van der Waals surface area contributed by atoms with Gasteiger partial charge in [0.05, 0.1) is 18.8 Å². The minimum atomic E-state index is -0.764. The first-order chi connectivity index (χ1) is 14.5. The number of carbonyl (C=O) groups is 1. The third kappa shape index (κ3) is 5.13. The van der Waals surface area contributed by atoms with Crippen molar-refractivity contribution in [1.82, 2.24) is 10.3 Å². The van der Waals surface area contributed by atoms with Crippen LogP contribution in [-0.2, 0) is 0 Å². The zero-order valence-corrected chi connectivity index (χ0v) is 19.4. The molecule has 1 aromatic heterocycles. The number of ketones is 1. The van der Waals surface area contributed by atoms with Gasteiger partial charge in [0, 0.05) is 17.2 Å². The Morgan fingerprint density at radius 2 is 1.93 bits per heavy atom. The topological polar surface area (TPSA) is 72.5 Å². The number of anilines is 1. The number of rotatable bonds is 9. The average Bonchev–Trinajstić information content (AvgIpc) is 2.75. The number of benzene rings is 1. The van der Waals surface area contributed by atoms with Gasteiger partial charge in [-0.1, -0.05) is 13.0 Å². The van der Waals surface area contributed by atoms with Crippen LogP contribution in [0, 0.1) is 5.92 Å². The number of nitrogens with one attached hydrogen (secondary N) is 2. The molecule has 30 heavy (non-hydrogen) atoms. The van der Waals surface area contributed by atoms with Gasteiger partial charge in [-0.2, -0.15) is 0 Å². The van der Waals surface area contributed by atoms with Crippen LogP contribution in [0.25, 0.3) is 0 Å². The molecule has 0 unspecified atom stereocenters. The number of carbonyl (C=O) groups excluding carboxylic acids is 1. The van der Waals surface area contributed by atoms with Crippen LogP contribution in [0.2, 0.25) is 0 Å². The smallest absolute Gasteiger partial charge is 0.192 e. The van der Waals surface area contributed by atoms with Crippen molar-refractivity contribution < 1.29 is 14.3 Å². The van der Waals surface area contributed by atoms with Crippen molar-refractivity contribution in [1.29, 1.82) is 0 Å². The lowest BCUT2D eigenvalue weighted by Crippen LogP contribution is -2.60. The van der Waals surface area contributed by atoms with Crippen molar-refractivity contribution >= 4 is 27.5 Å². The number of piperidine rings is 1. The van der Waals surface area contributed by atoms with E-state index >= 15 is 0 Å². The number of aromatic nitrogens is 1. The summed E-state index contributed by atoms with van der Waals surface area (Å²) < 4.78 is 12.5. The first kappa shape index (κ1) is 22.6. The fourth-order valence-corrected chi connectivity index (χ4v) is 3.96. The van der Waals surface area contributed by atoms with Gasteiger partial charge in [0.2, 0.25) is 0 Å². The average molecular weight is 476 g/mol. The molecule has 1 aliphatic heterocycles. The lowest BCUT2D eigenvalue weighted by molar-refractivity contribution is 0.0798. The summed E-state index contributed by atoms with van der Waals surface area (Å²) >= 11 is 3.40. The van der Waals surface area contributed by atoms with Crippen LogP contribution in [0.5, 0.6) is 11.5 Å². The van der Waals surface area contributed by atoms with E-state index in [9.17, 15) is 4.79 Å². The Bertz CT molecular complexity index is 825. The molecule has 1 aromatic carbocycles. The second-order valence-electron chi connectivity index (χ2n) is 7.65. The molecule has 7 heteroatoms. The van der Waals surface area contributed by atoms with Crippen LogP contribution >= 0.6 is 15.9 Å². The van der Waals surface area contributed by atoms with Gasteiger partial charge < -0.3 is 20.1 Å². The van der Waals surface area contributed by atoms with Crippen LogP contribution < -0.4 is 20.1 Å². The Hall–Kier alpha value is -2.12. The molecule has 2 heterocycles. The van der Waals surface area contributed by atoms with Crippen LogP contribution in [0.4, 0.5) is 5.82 Å². The molecule has 1 aliphatic rings. The molecular formula is C23H30BrN3O3. The third-order valence-corrected chi connectivity index (χ3v) is 5.87. The zero-order chi connectivity index (χ0) is 21.6. The van der Waals surface area contributed by atoms with Crippen molar-refractivity contribution in [3.63, 3.8) is 0 Å². The van der Waals surface area contributed by atoms with Crippen molar-refractivity contribution in [2.75, 3.05) is 31.6 Å². The van der Waals surface area contributed by atoms with Crippen LogP contribution in [-0.4, -0.2) is 42.6 Å². The van der Waals surface area contributed by atoms with Crippen LogP contribution in [0.1, 0.15) is 44.0 Å². The van der Waals surface area contributed by atoms with E-state index in [0.717, 1.165) is 29.7 Å². The standard InChI is InChI=1S/C23H30BrN3O3/c1-4-29-18-7-6-8-19(30-5-2)21(18)22(28)23(12-11-16(3)13-27-23)15-26-20-10-9-17(24)14-25-20/h6-10,14,16,27H,4-5,11-13,15H2,1-3H3,(H,25,26)/t16-,23-/m0/s1. The van der Waals surface area contributed by atoms with E-state index in [1.165, 1.54) is 0 Å². The summed E-state index contributed by atoms with van der Waals surface area (Å²) in [6, 6.07) is 9.36. The number of halogens is 1. The van der Waals surface area contributed by atoms with Gasteiger partial charge in [0.1, 0.15) is 22.9 Å². The van der Waals surface area contributed by atoms with E-state index in [0.29, 0.717) is 42.7 Å². The second-order valence-corrected chi connectivity index (χ2v) is 8.56. The molecule has 2 aromatic rings. The number of hydrogen-bond donors (Lipinski definition) is 2. The van der Waals surface area contributed by atoms with Crippen LogP contribution in [0.3, 0.4) is 0 Å². The summed E-state index contributed by atoms with van der Waals surface area (Å²) in [5.41, 5.74) is -0.255. The second kappa shape index (κ2) is 10.3. The summed E-state index contributed by atoms with van der Waals surface area (Å²) in [7, 11) is 0.